The third kappa shape index (κ3) is 12.0. The fourth-order valence-electron chi connectivity index (χ4n) is 5.23. The second-order valence-electron chi connectivity index (χ2n) is 14.5. The average molecular weight is 804 g/mol. The molecule has 2 amide bonds. The van der Waals surface area contributed by atoms with Gasteiger partial charge in [0, 0.05) is 44.4 Å². The number of anilines is 1. The van der Waals surface area contributed by atoms with Gasteiger partial charge < -0.3 is 23.3 Å². The van der Waals surface area contributed by atoms with Crippen molar-refractivity contribution in [3.63, 3.8) is 0 Å². The van der Waals surface area contributed by atoms with Crippen molar-refractivity contribution in [3.05, 3.63) is 78.4 Å². The number of carbonyl (C=O) groups is 2. The van der Waals surface area contributed by atoms with E-state index in [9.17, 15) is 26.4 Å². The fraction of sp³-hybridized carbons (Fsp3) is 0.432. The summed E-state index contributed by atoms with van der Waals surface area (Å²) in [4.78, 5) is 32.3. The molecular formula is C37H49N5O11S2. The van der Waals surface area contributed by atoms with Gasteiger partial charge in [0.1, 0.15) is 32.5 Å². The van der Waals surface area contributed by atoms with Crippen LogP contribution in [-0.2, 0) is 34.5 Å². The Hall–Kier alpha value is -4.91. The van der Waals surface area contributed by atoms with E-state index in [-0.39, 0.29) is 31.0 Å². The number of para-hydroxylation sites is 1. The smallest absolute Gasteiger partial charge is 0.442 e. The molecule has 1 saturated heterocycles. The number of guanidine groups is 1. The van der Waals surface area contributed by atoms with Crippen LogP contribution in [-0.4, -0.2) is 88.0 Å². The predicted octanol–water partition coefficient (Wildman–Crippen LogP) is 6.02. The maximum Gasteiger partial charge on any atom is 0.442 e. The van der Waals surface area contributed by atoms with E-state index in [0.29, 0.717) is 23.7 Å². The summed E-state index contributed by atoms with van der Waals surface area (Å²) < 4.78 is 78.5. The Morgan fingerprint density at radius 2 is 1.38 bits per heavy atom. The van der Waals surface area contributed by atoms with Crippen LogP contribution >= 0.6 is 0 Å². The predicted molar refractivity (Wildman–Crippen MR) is 204 cm³/mol. The Labute approximate surface area is 322 Å². The number of hydroxylamine groups is 2. The number of rotatable bonds is 11. The number of sulfonamides is 1. The number of nitrogens with one attached hydrogen (secondary N) is 2. The summed E-state index contributed by atoms with van der Waals surface area (Å²) >= 11 is 0. The molecule has 300 valence electrons. The lowest BCUT2D eigenvalue weighted by molar-refractivity contribution is -0.205. The largest absolute Gasteiger partial charge is 0.463 e. The molecule has 4 rings (SSSR count). The second-order valence-corrected chi connectivity index (χ2v) is 17.9. The van der Waals surface area contributed by atoms with Gasteiger partial charge in [-0.2, -0.15) is 12.7 Å². The van der Waals surface area contributed by atoms with Gasteiger partial charge in [-0.1, -0.05) is 37.3 Å². The minimum Gasteiger partial charge on any atom is -0.463 e. The highest BCUT2D eigenvalue weighted by Gasteiger charge is 2.35. The number of hydrogen-bond acceptors (Lipinski definition) is 13. The first-order valence-corrected chi connectivity index (χ1v) is 20.3. The van der Waals surface area contributed by atoms with Crippen molar-refractivity contribution in [2.75, 3.05) is 31.1 Å². The van der Waals surface area contributed by atoms with Crippen LogP contribution in [0.2, 0.25) is 0 Å². The molecule has 1 atom stereocenters. The highest BCUT2D eigenvalue weighted by atomic mass is 32.2. The Balaban J connectivity index is 1.53. The van der Waals surface area contributed by atoms with Crippen LogP contribution in [0.25, 0.3) is 0 Å². The van der Waals surface area contributed by atoms with Gasteiger partial charge in [0.2, 0.25) is 22.3 Å². The average Bonchev–Trinajstić information content (AvgIpc) is 3.08. The zero-order valence-corrected chi connectivity index (χ0v) is 33.8. The summed E-state index contributed by atoms with van der Waals surface area (Å²) in [6, 6.07) is 19.0. The highest BCUT2D eigenvalue weighted by molar-refractivity contribution is 7.91. The molecule has 0 aliphatic carbocycles. The van der Waals surface area contributed by atoms with Crippen LogP contribution in [0.5, 0.6) is 11.5 Å². The topological polar surface area (TPSA) is 194 Å². The van der Waals surface area contributed by atoms with Gasteiger partial charge in [0.05, 0.1) is 0 Å². The molecule has 1 heterocycles. The van der Waals surface area contributed by atoms with Gasteiger partial charge in [-0.15, -0.1) is 5.06 Å². The molecule has 0 spiro atoms. The monoisotopic (exact) mass is 803 g/mol. The maximum absolute atomic E-state index is 13.9. The minimum atomic E-state index is -4.72. The highest BCUT2D eigenvalue weighted by Crippen LogP contribution is 2.31. The molecule has 0 bridgehead atoms. The van der Waals surface area contributed by atoms with Crippen molar-refractivity contribution in [1.82, 2.24) is 14.7 Å². The fourth-order valence-corrected chi connectivity index (χ4v) is 8.34. The van der Waals surface area contributed by atoms with E-state index >= 15 is 0 Å². The first-order chi connectivity index (χ1) is 25.6. The molecule has 2 N–H and O–H groups in total. The van der Waals surface area contributed by atoms with E-state index in [1.165, 1.54) is 40.7 Å². The van der Waals surface area contributed by atoms with E-state index < -0.39 is 65.6 Å². The number of piperazine rings is 1. The molecule has 3 aromatic carbocycles. The summed E-state index contributed by atoms with van der Waals surface area (Å²) in [5, 5.41) is 10.9. The third-order valence-electron chi connectivity index (χ3n) is 7.53. The van der Waals surface area contributed by atoms with Gasteiger partial charge in [-0.3, -0.25) is 10.7 Å². The molecule has 3 aromatic rings. The number of alkyl carbamates (subject to hydrolysis) is 1. The zero-order chi connectivity index (χ0) is 40.8. The lowest BCUT2D eigenvalue weighted by Gasteiger charge is -2.35. The number of carbonyl (C=O) groups excluding carboxylic acids is 2. The minimum absolute atomic E-state index is 0.0463. The number of benzene rings is 3. The van der Waals surface area contributed by atoms with Crippen LogP contribution in [0.3, 0.4) is 0 Å². The van der Waals surface area contributed by atoms with Gasteiger partial charge in [-0.25, -0.2) is 22.8 Å². The number of amides is 2. The number of aryl methyl sites for hydroxylation is 1. The standard InChI is InChI=1S/C37H49N5O11S2/c1-9-32(52-42(35(44)51-37(6,7)8)33(38)39-34(43)50-36(3,4)5)49-28-23-26(2)24-29(25-28)53-55(47,48)31-18-14-13-17-30(31)54(45,46)41-21-19-40(20-22-41)27-15-11-10-12-16-27/h10-18,23-25,32H,9,19-22H2,1-8H3,(H2,38,39,43). The Morgan fingerprint density at radius 1 is 0.818 bits per heavy atom. The van der Waals surface area contributed by atoms with Crippen LogP contribution in [0, 0.1) is 12.3 Å². The molecule has 1 aliphatic heterocycles. The molecular weight excluding hydrogens is 755 g/mol. The number of ether oxygens (including phenoxy) is 3. The van der Waals surface area contributed by atoms with E-state index in [0.717, 1.165) is 5.69 Å². The van der Waals surface area contributed by atoms with Crippen LogP contribution in [0.4, 0.5) is 15.3 Å². The van der Waals surface area contributed by atoms with E-state index in [1.807, 2.05) is 30.3 Å². The summed E-state index contributed by atoms with van der Waals surface area (Å²) in [6.45, 7) is 14.1. The van der Waals surface area contributed by atoms with Crippen molar-refractivity contribution >= 4 is 44.0 Å². The van der Waals surface area contributed by atoms with Crippen molar-refractivity contribution in [3.8, 4) is 11.5 Å². The molecule has 0 aromatic heterocycles. The molecule has 1 fully saturated rings. The first kappa shape index (κ1) is 42.8. The van der Waals surface area contributed by atoms with E-state index in [4.69, 9.17) is 28.6 Å². The van der Waals surface area contributed by atoms with Gasteiger partial charge >= 0.3 is 22.3 Å². The number of hydrogen-bond donors (Lipinski definition) is 2. The Bertz CT molecular complexity index is 2060. The van der Waals surface area contributed by atoms with E-state index in [1.54, 1.807) is 61.5 Å². The molecule has 1 aliphatic rings. The van der Waals surface area contributed by atoms with Crippen LogP contribution in [0.1, 0.15) is 60.5 Å². The first-order valence-electron chi connectivity index (χ1n) is 17.5. The third-order valence-corrected chi connectivity index (χ3v) is 10.9. The van der Waals surface area contributed by atoms with Crippen molar-refractivity contribution in [2.45, 2.75) is 89.1 Å². The Morgan fingerprint density at radius 3 is 1.96 bits per heavy atom. The summed E-state index contributed by atoms with van der Waals surface area (Å²) in [7, 11) is -8.97. The summed E-state index contributed by atoms with van der Waals surface area (Å²) in [6.07, 6.45) is -3.36. The maximum atomic E-state index is 13.9. The second kappa shape index (κ2) is 17.3. The molecule has 18 heteroatoms. The van der Waals surface area contributed by atoms with Crippen molar-refractivity contribution in [1.29, 1.82) is 5.41 Å². The Kier molecular flexibility index (Phi) is 13.4. The lowest BCUT2D eigenvalue weighted by Crippen LogP contribution is -2.51. The quantitative estimate of drug-likeness (QED) is 0.0754. The number of nitrogens with zero attached hydrogens (tertiary/aromatic N) is 3. The van der Waals surface area contributed by atoms with Gasteiger partial charge in [0.25, 0.3) is 0 Å². The normalized spacial score (nSPS) is 14.7. The summed E-state index contributed by atoms with van der Waals surface area (Å²) in [5.41, 5.74) is -0.441. The molecule has 1 unspecified atom stereocenters. The van der Waals surface area contributed by atoms with Crippen LogP contribution < -0.4 is 19.1 Å². The van der Waals surface area contributed by atoms with Gasteiger partial charge in [0.15, 0.2) is 0 Å². The SMILES string of the molecule is CCC(Oc1cc(C)cc(OS(=O)(=O)c2ccccc2S(=O)(=O)N2CCN(c3ccccc3)CC2)c1)ON(C(=N)NC(=O)OC(C)(C)C)C(=O)OC(C)(C)C. The van der Waals surface area contributed by atoms with Gasteiger partial charge in [-0.05, 0) is 90.4 Å². The molecule has 0 saturated carbocycles. The van der Waals surface area contributed by atoms with Crippen LogP contribution in [0.15, 0.2) is 82.6 Å². The lowest BCUT2D eigenvalue weighted by atomic mass is 10.2. The zero-order valence-electron chi connectivity index (χ0n) is 32.2. The molecule has 16 nitrogen and oxygen atoms in total. The van der Waals surface area contributed by atoms with Crippen molar-refractivity contribution < 1.29 is 49.7 Å². The van der Waals surface area contributed by atoms with E-state index in [2.05, 4.69) is 10.2 Å². The molecule has 0 radical (unpaired) electrons. The van der Waals surface area contributed by atoms with Crippen molar-refractivity contribution in [2.24, 2.45) is 0 Å². The molecule has 55 heavy (non-hydrogen) atoms. The summed E-state index contributed by atoms with van der Waals surface area (Å²) in [5.74, 6) is -0.974.